The Balaban J connectivity index is 1.67. The average molecular weight is 676 g/mol. The second-order valence-corrected chi connectivity index (χ2v) is 12.3. The van der Waals surface area contributed by atoms with Crippen LogP contribution >= 0.6 is 23.2 Å². The van der Waals surface area contributed by atoms with E-state index in [0.717, 1.165) is 15.7 Å². The molecule has 3 aromatic carbocycles. The highest BCUT2D eigenvalue weighted by Crippen LogP contribution is 2.37. The van der Waals surface area contributed by atoms with Crippen molar-refractivity contribution in [2.45, 2.75) is 18.7 Å². The van der Waals surface area contributed by atoms with Gasteiger partial charge in [0.05, 0.1) is 55.9 Å². The Morgan fingerprint density at radius 2 is 1.58 bits per heavy atom. The van der Waals surface area contributed by atoms with Crippen molar-refractivity contribution in [3.63, 3.8) is 0 Å². The van der Waals surface area contributed by atoms with E-state index < -0.39 is 22.5 Å². The van der Waals surface area contributed by atoms with Crippen LogP contribution in [0.1, 0.15) is 17.0 Å². The largest absolute Gasteiger partial charge is 0.497 e. The Hall–Kier alpha value is -4.39. The molecular formula is C31H32Cl2N4O7S. The molecule has 45 heavy (non-hydrogen) atoms. The van der Waals surface area contributed by atoms with Gasteiger partial charge in [0.2, 0.25) is 0 Å². The van der Waals surface area contributed by atoms with Gasteiger partial charge in [-0.2, -0.15) is 5.10 Å². The van der Waals surface area contributed by atoms with Crippen LogP contribution in [0.2, 0.25) is 10.0 Å². The number of nitrogens with one attached hydrogen (secondary N) is 1. The Kier molecular flexibility index (Phi) is 10.5. The number of benzene rings is 3. The van der Waals surface area contributed by atoms with Crippen LogP contribution in [0.4, 0.5) is 5.69 Å². The molecule has 1 N–H and O–H groups in total. The summed E-state index contributed by atoms with van der Waals surface area (Å²) in [5, 5.41) is 5.16. The standard InChI is InChI=1S/C31H32Cl2N4O7S/c1-19-13-21(20(2)37(19)26-14-22(32)7-10-25(26)33)17-34-35-31(38)18-36(27-15-23(41-3)8-11-28(27)42-4)45(39,40)24-9-12-29(43-5)30(16-24)44-6/h7-17H,18H2,1-6H3,(H,35,38)/b34-17-. The zero-order valence-corrected chi connectivity index (χ0v) is 27.7. The van der Waals surface area contributed by atoms with Crippen molar-refractivity contribution in [2.75, 3.05) is 39.3 Å². The summed E-state index contributed by atoms with van der Waals surface area (Å²) in [5.41, 5.74) is 5.57. The van der Waals surface area contributed by atoms with Gasteiger partial charge in [0, 0.05) is 34.1 Å². The molecule has 4 rings (SSSR count). The highest BCUT2D eigenvalue weighted by Gasteiger charge is 2.31. The molecule has 0 saturated carbocycles. The zero-order chi connectivity index (χ0) is 32.9. The maximum atomic E-state index is 14.1. The lowest BCUT2D eigenvalue weighted by atomic mass is 10.2. The van der Waals surface area contributed by atoms with E-state index in [2.05, 4.69) is 10.5 Å². The summed E-state index contributed by atoms with van der Waals surface area (Å²) in [6.45, 7) is 3.13. The van der Waals surface area contributed by atoms with Gasteiger partial charge in [-0.1, -0.05) is 23.2 Å². The van der Waals surface area contributed by atoms with E-state index in [1.165, 1.54) is 58.9 Å². The van der Waals surface area contributed by atoms with Crippen LogP contribution < -0.4 is 28.7 Å². The van der Waals surface area contributed by atoms with Crippen LogP contribution in [-0.2, 0) is 14.8 Å². The quantitative estimate of drug-likeness (QED) is 0.149. The third kappa shape index (κ3) is 7.14. The monoisotopic (exact) mass is 674 g/mol. The first-order valence-electron chi connectivity index (χ1n) is 13.4. The first-order chi connectivity index (χ1) is 21.4. The summed E-state index contributed by atoms with van der Waals surface area (Å²) in [7, 11) is 1.30. The summed E-state index contributed by atoms with van der Waals surface area (Å²) in [6, 6.07) is 15.8. The number of carbonyl (C=O) groups is 1. The van der Waals surface area contributed by atoms with Crippen molar-refractivity contribution in [3.05, 3.63) is 87.7 Å². The number of ether oxygens (including phenoxy) is 4. The SMILES string of the molecule is COc1ccc(OC)c(N(CC(=O)N/N=C\c2cc(C)n(-c3cc(Cl)ccc3Cl)c2C)S(=O)(=O)c2ccc(OC)c(OC)c2)c1. The Bertz CT molecular complexity index is 1860. The second-order valence-electron chi connectivity index (χ2n) is 9.62. The lowest BCUT2D eigenvalue weighted by Gasteiger charge is -2.26. The number of aromatic nitrogens is 1. The molecule has 14 heteroatoms. The van der Waals surface area contributed by atoms with Crippen LogP contribution in [-0.4, -0.2) is 60.1 Å². The van der Waals surface area contributed by atoms with Crippen LogP contribution in [0.5, 0.6) is 23.0 Å². The molecule has 0 aliphatic rings. The van der Waals surface area contributed by atoms with E-state index in [1.54, 1.807) is 30.3 Å². The summed E-state index contributed by atoms with van der Waals surface area (Å²) in [4.78, 5) is 13.1. The van der Waals surface area contributed by atoms with Crippen molar-refractivity contribution in [1.82, 2.24) is 9.99 Å². The molecule has 0 spiro atoms. The number of aryl methyl sites for hydroxylation is 1. The third-order valence-electron chi connectivity index (χ3n) is 6.90. The lowest BCUT2D eigenvalue weighted by molar-refractivity contribution is -0.119. The van der Waals surface area contributed by atoms with E-state index in [9.17, 15) is 13.2 Å². The van der Waals surface area contributed by atoms with E-state index in [0.29, 0.717) is 32.8 Å². The smallest absolute Gasteiger partial charge is 0.265 e. The minimum Gasteiger partial charge on any atom is -0.497 e. The summed E-state index contributed by atoms with van der Waals surface area (Å²) < 4.78 is 52.3. The Morgan fingerprint density at radius 1 is 0.889 bits per heavy atom. The maximum Gasteiger partial charge on any atom is 0.265 e. The van der Waals surface area contributed by atoms with Gasteiger partial charge in [0.15, 0.2) is 11.5 Å². The molecule has 4 aromatic rings. The molecule has 1 aromatic heterocycles. The molecule has 0 radical (unpaired) electrons. The van der Waals surface area contributed by atoms with Gasteiger partial charge in [-0.05, 0) is 62.4 Å². The van der Waals surface area contributed by atoms with Crippen LogP contribution in [0.15, 0.2) is 70.7 Å². The highest BCUT2D eigenvalue weighted by atomic mass is 35.5. The molecule has 0 unspecified atom stereocenters. The van der Waals surface area contributed by atoms with Gasteiger partial charge in [-0.15, -0.1) is 0 Å². The molecular weight excluding hydrogens is 643 g/mol. The van der Waals surface area contributed by atoms with Gasteiger partial charge in [-0.25, -0.2) is 13.8 Å². The number of sulfonamides is 1. The predicted molar refractivity (Wildman–Crippen MR) is 175 cm³/mol. The Labute approximate surface area is 271 Å². The van der Waals surface area contributed by atoms with Gasteiger partial charge < -0.3 is 23.5 Å². The summed E-state index contributed by atoms with van der Waals surface area (Å²) in [6.07, 6.45) is 1.47. The molecule has 1 heterocycles. The van der Waals surface area contributed by atoms with Gasteiger partial charge in [0.1, 0.15) is 18.0 Å². The van der Waals surface area contributed by atoms with E-state index in [4.69, 9.17) is 42.1 Å². The van der Waals surface area contributed by atoms with Crippen molar-refractivity contribution >= 4 is 51.0 Å². The molecule has 0 atom stereocenters. The van der Waals surface area contributed by atoms with Gasteiger partial charge in [-0.3, -0.25) is 9.10 Å². The lowest BCUT2D eigenvalue weighted by Crippen LogP contribution is -2.39. The van der Waals surface area contributed by atoms with Crippen molar-refractivity contribution in [3.8, 4) is 28.7 Å². The van der Waals surface area contributed by atoms with Gasteiger partial charge in [0.25, 0.3) is 15.9 Å². The fraction of sp³-hybridized carbons (Fsp3) is 0.226. The molecule has 0 saturated heterocycles. The first kappa shape index (κ1) is 33.5. The fourth-order valence-corrected chi connectivity index (χ4v) is 6.49. The van der Waals surface area contributed by atoms with E-state index in [-0.39, 0.29) is 22.1 Å². The fourth-order valence-electron chi connectivity index (χ4n) is 4.68. The number of hydrogen-bond acceptors (Lipinski definition) is 8. The molecule has 0 aliphatic heterocycles. The van der Waals surface area contributed by atoms with Gasteiger partial charge >= 0.3 is 0 Å². The number of hydrazone groups is 1. The first-order valence-corrected chi connectivity index (χ1v) is 15.6. The number of amides is 1. The van der Waals surface area contributed by atoms with E-state index in [1.807, 2.05) is 24.5 Å². The molecule has 0 aliphatic carbocycles. The van der Waals surface area contributed by atoms with E-state index >= 15 is 0 Å². The third-order valence-corrected chi connectivity index (χ3v) is 9.21. The topological polar surface area (TPSA) is 121 Å². The molecule has 0 bridgehead atoms. The van der Waals surface area contributed by atoms with Crippen molar-refractivity contribution < 1.29 is 32.2 Å². The summed E-state index contributed by atoms with van der Waals surface area (Å²) >= 11 is 12.6. The molecule has 1 amide bonds. The number of carbonyl (C=O) groups excluding carboxylic acids is 1. The van der Waals surface area contributed by atoms with Crippen molar-refractivity contribution in [1.29, 1.82) is 0 Å². The average Bonchev–Trinajstić information content (AvgIpc) is 3.31. The minimum absolute atomic E-state index is 0.0766. The number of rotatable bonds is 12. The van der Waals surface area contributed by atoms with Crippen LogP contribution in [0, 0.1) is 13.8 Å². The number of methoxy groups -OCH3 is 4. The number of nitrogens with zero attached hydrogens (tertiary/aromatic N) is 3. The second kappa shape index (κ2) is 14.1. The number of halogens is 2. The van der Waals surface area contributed by atoms with Crippen LogP contribution in [0.3, 0.4) is 0 Å². The number of anilines is 1. The Morgan fingerprint density at radius 3 is 2.24 bits per heavy atom. The predicted octanol–water partition coefficient (Wildman–Crippen LogP) is 5.78. The van der Waals surface area contributed by atoms with Crippen molar-refractivity contribution in [2.24, 2.45) is 5.10 Å². The molecule has 238 valence electrons. The molecule has 11 nitrogen and oxygen atoms in total. The zero-order valence-electron chi connectivity index (χ0n) is 25.4. The summed E-state index contributed by atoms with van der Waals surface area (Å²) in [5.74, 6) is 0.370. The number of hydrogen-bond donors (Lipinski definition) is 1. The molecule has 0 fully saturated rings. The highest BCUT2D eigenvalue weighted by molar-refractivity contribution is 7.92. The minimum atomic E-state index is -4.37. The van der Waals surface area contributed by atoms with Crippen LogP contribution in [0.25, 0.3) is 5.69 Å². The maximum absolute atomic E-state index is 14.1. The normalized spacial score (nSPS) is 11.4.